The number of ether oxygens (including phenoxy) is 1. The van der Waals surface area contributed by atoms with E-state index in [0.29, 0.717) is 0 Å². The van der Waals surface area contributed by atoms with Gasteiger partial charge in [0.15, 0.2) is 0 Å². The molecule has 21 heavy (non-hydrogen) atoms. The van der Waals surface area contributed by atoms with Crippen LogP contribution in [0.3, 0.4) is 0 Å². The van der Waals surface area contributed by atoms with Crippen LogP contribution in [0.15, 0.2) is 22.5 Å². The Hall–Kier alpha value is -0.720. The van der Waals surface area contributed by atoms with E-state index in [9.17, 15) is 0 Å². The lowest BCUT2D eigenvalue weighted by Crippen LogP contribution is -2.33. The molecule has 3 rings (SSSR count). The fourth-order valence-electron chi connectivity index (χ4n) is 4.39. The van der Waals surface area contributed by atoms with Crippen molar-refractivity contribution in [1.82, 2.24) is 0 Å². The van der Waals surface area contributed by atoms with Crippen LogP contribution in [-0.2, 0) is 4.74 Å². The molecule has 1 heterocycles. The molecule has 1 heteroatoms. The van der Waals surface area contributed by atoms with Gasteiger partial charge < -0.3 is 4.74 Å². The lowest BCUT2D eigenvalue weighted by molar-refractivity contribution is -0.0135. The predicted octanol–water partition coefficient (Wildman–Crippen LogP) is 6.16. The Kier molecular flexibility index (Phi) is 3.35. The second kappa shape index (κ2) is 4.64. The van der Waals surface area contributed by atoms with E-state index in [-0.39, 0.29) is 16.4 Å². The number of allylic oxidation sites excluding steroid dienone is 3. The summed E-state index contributed by atoms with van der Waals surface area (Å²) >= 11 is 0. The standard InChI is InChI=1S/C20H32O/c1-18(2,3)15-13-16(19(4,5)6)17-14(15)9-12-20(21-17)10-7-8-11-20/h7-13H2,1-6H3. The third kappa shape index (κ3) is 2.58. The zero-order valence-corrected chi connectivity index (χ0v) is 14.9. The molecule has 3 aliphatic rings. The molecule has 1 saturated heterocycles. The second-order valence-corrected chi connectivity index (χ2v) is 9.43. The molecular weight excluding hydrogens is 256 g/mol. The third-order valence-electron chi connectivity index (χ3n) is 5.74. The van der Waals surface area contributed by atoms with E-state index in [1.807, 2.05) is 0 Å². The summed E-state index contributed by atoms with van der Waals surface area (Å²) in [5.74, 6) is 1.31. The zero-order valence-electron chi connectivity index (χ0n) is 14.9. The molecule has 2 fully saturated rings. The van der Waals surface area contributed by atoms with E-state index in [1.165, 1.54) is 44.3 Å². The molecule has 118 valence electrons. The minimum absolute atomic E-state index is 0.183. The maximum atomic E-state index is 6.75. The van der Waals surface area contributed by atoms with Crippen LogP contribution in [0, 0.1) is 10.8 Å². The van der Waals surface area contributed by atoms with Gasteiger partial charge >= 0.3 is 0 Å². The first kappa shape index (κ1) is 15.2. The van der Waals surface area contributed by atoms with Crippen molar-refractivity contribution in [3.8, 4) is 0 Å². The lowest BCUT2D eigenvalue weighted by atomic mass is 9.79. The van der Waals surface area contributed by atoms with Gasteiger partial charge in [-0.25, -0.2) is 0 Å². The molecule has 0 radical (unpaired) electrons. The van der Waals surface area contributed by atoms with Gasteiger partial charge in [-0.1, -0.05) is 47.1 Å². The van der Waals surface area contributed by atoms with Gasteiger partial charge in [-0.05, 0) is 66.9 Å². The van der Waals surface area contributed by atoms with Crippen LogP contribution < -0.4 is 0 Å². The van der Waals surface area contributed by atoms with Gasteiger partial charge in [-0.2, -0.15) is 0 Å². The van der Waals surface area contributed by atoms with Crippen LogP contribution in [-0.4, -0.2) is 5.60 Å². The van der Waals surface area contributed by atoms with E-state index in [2.05, 4.69) is 41.5 Å². The summed E-state index contributed by atoms with van der Waals surface area (Å²) in [5.41, 5.74) is 5.40. The average molecular weight is 288 g/mol. The first-order chi connectivity index (χ1) is 9.62. The maximum absolute atomic E-state index is 6.75. The fourth-order valence-corrected chi connectivity index (χ4v) is 4.39. The smallest absolute Gasteiger partial charge is 0.123 e. The van der Waals surface area contributed by atoms with Crippen LogP contribution >= 0.6 is 0 Å². The Morgan fingerprint density at radius 1 is 0.810 bits per heavy atom. The molecule has 1 nitrogen and oxygen atoms in total. The minimum Gasteiger partial charge on any atom is -0.487 e. The summed E-state index contributed by atoms with van der Waals surface area (Å²) in [5, 5.41) is 0. The van der Waals surface area contributed by atoms with E-state index >= 15 is 0 Å². The van der Waals surface area contributed by atoms with Gasteiger partial charge in [0.05, 0.1) is 0 Å². The van der Waals surface area contributed by atoms with Crippen molar-refractivity contribution in [3.05, 3.63) is 22.5 Å². The van der Waals surface area contributed by atoms with E-state index in [0.717, 1.165) is 6.42 Å². The first-order valence-corrected chi connectivity index (χ1v) is 8.78. The largest absolute Gasteiger partial charge is 0.487 e. The fraction of sp³-hybridized carbons (Fsp3) is 0.800. The highest BCUT2D eigenvalue weighted by Gasteiger charge is 2.45. The Balaban J connectivity index is 2.02. The molecule has 0 unspecified atom stereocenters. The molecule has 0 aromatic carbocycles. The monoisotopic (exact) mass is 288 g/mol. The quantitative estimate of drug-likeness (QED) is 0.519. The molecule has 2 aliphatic carbocycles. The first-order valence-electron chi connectivity index (χ1n) is 8.78. The summed E-state index contributed by atoms with van der Waals surface area (Å²) in [7, 11) is 0. The van der Waals surface area contributed by atoms with E-state index < -0.39 is 0 Å². The molecule has 0 N–H and O–H groups in total. The molecule has 0 aromatic heterocycles. The van der Waals surface area contributed by atoms with Crippen molar-refractivity contribution in [2.24, 2.45) is 10.8 Å². The number of hydrogen-bond acceptors (Lipinski definition) is 1. The van der Waals surface area contributed by atoms with Crippen LogP contribution in [0.5, 0.6) is 0 Å². The van der Waals surface area contributed by atoms with Gasteiger partial charge in [-0.3, -0.25) is 0 Å². The van der Waals surface area contributed by atoms with Crippen LogP contribution in [0.1, 0.15) is 86.5 Å². The van der Waals surface area contributed by atoms with Crippen molar-refractivity contribution in [2.45, 2.75) is 92.1 Å². The third-order valence-corrected chi connectivity index (χ3v) is 5.74. The molecule has 0 bridgehead atoms. The molecule has 0 aromatic rings. The highest BCUT2D eigenvalue weighted by Crippen LogP contribution is 2.55. The molecule has 1 spiro atoms. The number of hydrogen-bond donors (Lipinski definition) is 0. The van der Waals surface area contributed by atoms with Crippen molar-refractivity contribution in [2.75, 3.05) is 0 Å². The summed E-state index contributed by atoms with van der Waals surface area (Å²) in [6.07, 6.45) is 8.85. The Morgan fingerprint density at radius 2 is 1.38 bits per heavy atom. The Labute approximate surface area is 130 Å². The van der Waals surface area contributed by atoms with Gasteiger partial charge in [-0.15, -0.1) is 0 Å². The van der Waals surface area contributed by atoms with Crippen molar-refractivity contribution in [3.63, 3.8) is 0 Å². The summed E-state index contributed by atoms with van der Waals surface area (Å²) in [6, 6.07) is 0. The SMILES string of the molecule is CC(C)(C)C1=C2CCC3(CCCC3)OC2=C(C(C)(C)C)C1. The van der Waals surface area contributed by atoms with Crippen LogP contribution in [0.4, 0.5) is 0 Å². The average Bonchev–Trinajstić information content (AvgIpc) is 2.92. The van der Waals surface area contributed by atoms with Crippen LogP contribution in [0.2, 0.25) is 0 Å². The number of rotatable bonds is 0. The molecule has 0 atom stereocenters. The number of fused-ring (bicyclic) bond motifs is 1. The van der Waals surface area contributed by atoms with Gasteiger partial charge in [0.2, 0.25) is 0 Å². The Morgan fingerprint density at radius 3 is 1.90 bits per heavy atom. The summed E-state index contributed by atoms with van der Waals surface area (Å²) in [4.78, 5) is 0. The van der Waals surface area contributed by atoms with Gasteiger partial charge in [0.1, 0.15) is 11.4 Å². The summed E-state index contributed by atoms with van der Waals surface area (Å²) in [6.45, 7) is 14.1. The molecule has 1 saturated carbocycles. The highest BCUT2D eigenvalue weighted by molar-refractivity contribution is 5.49. The van der Waals surface area contributed by atoms with E-state index in [1.54, 1.807) is 16.7 Å². The summed E-state index contributed by atoms with van der Waals surface area (Å²) < 4.78 is 6.75. The predicted molar refractivity (Wildman–Crippen MR) is 89.1 cm³/mol. The Bertz CT molecular complexity index is 499. The van der Waals surface area contributed by atoms with Crippen molar-refractivity contribution >= 4 is 0 Å². The minimum atomic E-state index is 0.183. The topological polar surface area (TPSA) is 9.23 Å². The van der Waals surface area contributed by atoms with Gasteiger partial charge in [0.25, 0.3) is 0 Å². The van der Waals surface area contributed by atoms with Gasteiger partial charge in [0, 0.05) is 0 Å². The zero-order chi connectivity index (χ0) is 15.5. The van der Waals surface area contributed by atoms with E-state index in [4.69, 9.17) is 4.74 Å². The van der Waals surface area contributed by atoms with Crippen molar-refractivity contribution in [1.29, 1.82) is 0 Å². The molecular formula is C20H32O. The van der Waals surface area contributed by atoms with Crippen LogP contribution in [0.25, 0.3) is 0 Å². The highest BCUT2D eigenvalue weighted by atomic mass is 16.5. The maximum Gasteiger partial charge on any atom is 0.123 e. The van der Waals surface area contributed by atoms with Crippen molar-refractivity contribution < 1.29 is 4.74 Å². The molecule has 0 amide bonds. The molecule has 1 aliphatic heterocycles. The second-order valence-electron chi connectivity index (χ2n) is 9.43. The lowest BCUT2D eigenvalue weighted by Gasteiger charge is -2.38. The normalized spacial score (nSPS) is 25.6.